The topological polar surface area (TPSA) is 0 Å². The minimum Gasteiger partial charge on any atom is -0.0995 e. The Labute approximate surface area is 292 Å². The molecule has 1 aliphatic rings. The molecule has 49 heavy (non-hydrogen) atoms. The highest BCUT2D eigenvalue weighted by Crippen LogP contribution is 2.43. The van der Waals surface area contributed by atoms with Crippen LogP contribution >= 0.6 is 0 Å². The zero-order valence-electron chi connectivity index (χ0n) is 29.5. The van der Waals surface area contributed by atoms with Crippen LogP contribution in [-0.2, 0) is 0 Å². The zero-order valence-corrected chi connectivity index (χ0v) is 29.5. The quantitative estimate of drug-likeness (QED) is 0.134. The molecule has 0 radical (unpaired) electrons. The van der Waals surface area contributed by atoms with Crippen LogP contribution in [0.25, 0.3) is 49.0 Å². The predicted molar refractivity (Wildman–Crippen MR) is 216 cm³/mol. The van der Waals surface area contributed by atoms with E-state index in [-0.39, 0.29) is 0 Å². The van der Waals surface area contributed by atoms with Crippen LogP contribution in [0.2, 0.25) is 0 Å². The smallest absolute Gasteiger partial charge is 0.000945 e. The second kappa shape index (κ2) is 15.2. The summed E-state index contributed by atoms with van der Waals surface area (Å²) in [6.45, 7) is 14.8. The van der Waals surface area contributed by atoms with Crippen molar-refractivity contribution in [2.75, 3.05) is 0 Å². The highest BCUT2D eigenvalue weighted by molar-refractivity contribution is 6.20. The summed E-state index contributed by atoms with van der Waals surface area (Å²) in [7, 11) is 0. The first kappa shape index (κ1) is 33.4. The first-order valence-electron chi connectivity index (χ1n) is 17.3. The van der Waals surface area contributed by atoms with Gasteiger partial charge in [-0.1, -0.05) is 169 Å². The fourth-order valence-electron chi connectivity index (χ4n) is 6.70. The molecule has 0 aliphatic heterocycles. The first-order chi connectivity index (χ1) is 23.8. The van der Waals surface area contributed by atoms with E-state index >= 15 is 0 Å². The molecule has 0 heterocycles. The molecule has 0 aromatic heterocycles. The van der Waals surface area contributed by atoms with Crippen LogP contribution in [0.4, 0.5) is 0 Å². The Bertz CT molecular complexity index is 2240. The SMILES string of the molecule is C=C(C)C1C=CC(c2c3ccccc3c(-c3ccc4cccc(C)c4c3)c3ccccc23)=CC1.Cc1ccccc1.Cc1ccccc1C. The van der Waals surface area contributed by atoms with Gasteiger partial charge in [0.2, 0.25) is 0 Å². The van der Waals surface area contributed by atoms with Crippen LogP contribution in [0, 0.1) is 33.6 Å². The second-order valence-electron chi connectivity index (χ2n) is 13.3. The Morgan fingerprint density at radius 3 is 1.55 bits per heavy atom. The van der Waals surface area contributed by atoms with Crippen molar-refractivity contribution in [3.8, 4) is 11.1 Å². The number of hydrogen-bond donors (Lipinski definition) is 0. The van der Waals surface area contributed by atoms with E-state index < -0.39 is 0 Å². The molecular formula is C49H46. The van der Waals surface area contributed by atoms with Crippen LogP contribution in [0.3, 0.4) is 0 Å². The lowest BCUT2D eigenvalue weighted by molar-refractivity contribution is 0.773. The monoisotopic (exact) mass is 634 g/mol. The third kappa shape index (κ3) is 7.50. The average molecular weight is 635 g/mol. The Morgan fingerprint density at radius 1 is 0.531 bits per heavy atom. The van der Waals surface area contributed by atoms with E-state index in [1.54, 1.807) is 0 Å². The van der Waals surface area contributed by atoms with E-state index in [1.165, 1.54) is 82.4 Å². The van der Waals surface area contributed by atoms with Crippen LogP contribution in [-0.4, -0.2) is 0 Å². The number of aryl methyl sites for hydroxylation is 4. The van der Waals surface area contributed by atoms with Crippen molar-refractivity contribution in [2.24, 2.45) is 5.92 Å². The summed E-state index contributed by atoms with van der Waals surface area (Å²) in [4.78, 5) is 0. The lowest BCUT2D eigenvalue weighted by Gasteiger charge is -2.21. The van der Waals surface area contributed by atoms with Gasteiger partial charge < -0.3 is 0 Å². The van der Waals surface area contributed by atoms with Crippen molar-refractivity contribution in [1.29, 1.82) is 0 Å². The van der Waals surface area contributed by atoms with Crippen molar-refractivity contribution in [2.45, 2.75) is 41.0 Å². The standard InChI is InChI=1S/C34H28.C8H10.C7H8/c1-22(2)24-15-18-26(19-16-24)33-28-11-4-6-13-30(28)34(31-14-7-5-12-29(31)33)27-20-17-25-10-8-9-23(3)32(25)21-27;1-7-5-3-4-6-8(7)2;1-7-5-3-2-4-6-7/h4-15,17-21,24H,1,16H2,2-3H3;3-6H,1-2H3;2-6H,1H3. The Kier molecular flexibility index (Phi) is 10.4. The molecule has 8 rings (SSSR count). The number of hydrogen-bond acceptors (Lipinski definition) is 0. The molecule has 0 bridgehead atoms. The summed E-state index contributed by atoms with van der Waals surface area (Å²) < 4.78 is 0. The van der Waals surface area contributed by atoms with E-state index in [9.17, 15) is 0 Å². The summed E-state index contributed by atoms with van der Waals surface area (Å²) >= 11 is 0. The lowest BCUT2D eigenvalue weighted by Crippen LogP contribution is -2.01. The maximum atomic E-state index is 4.17. The van der Waals surface area contributed by atoms with Gasteiger partial charge in [0.25, 0.3) is 0 Å². The van der Waals surface area contributed by atoms with Gasteiger partial charge in [-0.2, -0.15) is 0 Å². The van der Waals surface area contributed by atoms with E-state index in [0.29, 0.717) is 5.92 Å². The first-order valence-corrected chi connectivity index (χ1v) is 17.3. The molecule has 0 nitrogen and oxygen atoms in total. The third-order valence-electron chi connectivity index (χ3n) is 9.71. The number of fused-ring (bicyclic) bond motifs is 3. The predicted octanol–water partition coefficient (Wildman–Crippen LogP) is 14.0. The highest BCUT2D eigenvalue weighted by Gasteiger charge is 2.19. The summed E-state index contributed by atoms with van der Waals surface area (Å²) in [5.74, 6) is 0.432. The van der Waals surface area contributed by atoms with Gasteiger partial charge in [-0.15, -0.1) is 0 Å². The van der Waals surface area contributed by atoms with Crippen molar-refractivity contribution in [3.63, 3.8) is 0 Å². The molecule has 1 unspecified atom stereocenters. The minimum atomic E-state index is 0.432. The molecule has 242 valence electrons. The summed E-state index contributed by atoms with van der Waals surface area (Å²) in [6, 6.07) is 49.9. The van der Waals surface area contributed by atoms with Crippen molar-refractivity contribution in [1.82, 2.24) is 0 Å². The van der Waals surface area contributed by atoms with Crippen LogP contribution in [0.1, 0.15) is 41.2 Å². The van der Waals surface area contributed by atoms with Gasteiger partial charge in [0.15, 0.2) is 0 Å². The Balaban J connectivity index is 0.000000228. The van der Waals surface area contributed by atoms with Crippen molar-refractivity contribution >= 4 is 37.9 Å². The van der Waals surface area contributed by atoms with E-state index in [4.69, 9.17) is 0 Å². The van der Waals surface area contributed by atoms with Gasteiger partial charge in [0.1, 0.15) is 0 Å². The Morgan fingerprint density at radius 2 is 1.06 bits per heavy atom. The molecule has 0 fully saturated rings. The number of rotatable bonds is 3. The highest BCUT2D eigenvalue weighted by atomic mass is 14.2. The van der Waals surface area contributed by atoms with Crippen LogP contribution in [0.15, 0.2) is 170 Å². The molecule has 1 atom stereocenters. The molecule has 7 aromatic rings. The summed E-state index contributed by atoms with van der Waals surface area (Å²) in [5.41, 5.74) is 11.8. The number of allylic oxidation sites excluding steroid dienone is 5. The van der Waals surface area contributed by atoms with Crippen molar-refractivity contribution < 1.29 is 0 Å². The van der Waals surface area contributed by atoms with Gasteiger partial charge >= 0.3 is 0 Å². The largest absolute Gasteiger partial charge is 0.0995 e. The maximum absolute atomic E-state index is 4.17. The third-order valence-corrected chi connectivity index (χ3v) is 9.71. The molecular weight excluding hydrogens is 589 g/mol. The normalized spacial score (nSPS) is 13.7. The second-order valence-corrected chi connectivity index (χ2v) is 13.3. The fourth-order valence-corrected chi connectivity index (χ4v) is 6.70. The Hall–Kier alpha value is -5.46. The molecule has 0 amide bonds. The van der Waals surface area contributed by atoms with E-state index in [1.807, 2.05) is 18.2 Å². The zero-order chi connectivity index (χ0) is 34.3. The van der Waals surface area contributed by atoms with Crippen LogP contribution in [0.5, 0.6) is 0 Å². The molecule has 0 N–H and O–H groups in total. The van der Waals surface area contributed by atoms with Gasteiger partial charge in [-0.05, 0) is 118 Å². The fraction of sp³-hybridized carbons (Fsp3) is 0.143. The van der Waals surface area contributed by atoms with Gasteiger partial charge in [0, 0.05) is 5.92 Å². The van der Waals surface area contributed by atoms with E-state index in [0.717, 1.165) is 6.42 Å². The van der Waals surface area contributed by atoms with Gasteiger partial charge in [0.05, 0.1) is 0 Å². The summed E-state index contributed by atoms with van der Waals surface area (Å²) in [6.07, 6.45) is 8.03. The van der Waals surface area contributed by atoms with Crippen molar-refractivity contribution in [3.05, 3.63) is 198 Å². The molecule has 7 aromatic carbocycles. The van der Waals surface area contributed by atoms with Gasteiger partial charge in [-0.3, -0.25) is 0 Å². The molecule has 0 heteroatoms. The van der Waals surface area contributed by atoms with Gasteiger partial charge in [-0.25, -0.2) is 0 Å². The molecule has 0 saturated carbocycles. The molecule has 0 saturated heterocycles. The average Bonchev–Trinajstić information content (AvgIpc) is 3.13. The van der Waals surface area contributed by atoms with E-state index in [2.05, 4.69) is 181 Å². The molecule has 0 spiro atoms. The van der Waals surface area contributed by atoms with Crippen LogP contribution < -0.4 is 0 Å². The summed E-state index contributed by atoms with van der Waals surface area (Å²) in [5, 5.41) is 7.84. The lowest BCUT2D eigenvalue weighted by atomic mass is 9.82. The maximum Gasteiger partial charge on any atom is 0.000945 e. The minimum absolute atomic E-state index is 0.432. The molecule has 1 aliphatic carbocycles. The number of benzene rings is 7.